The van der Waals surface area contributed by atoms with E-state index < -0.39 is 0 Å². The Balaban J connectivity index is 2.84. The van der Waals surface area contributed by atoms with E-state index in [1.54, 1.807) is 0 Å². The molecule has 0 unspecified atom stereocenters. The first-order valence-electron chi connectivity index (χ1n) is 5.09. The topological polar surface area (TPSA) is 17.1 Å². The first-order chi connectivity index (χ1) is 8.19. The Bertz CT molecular complexity index is 581. The molecule has 0 saturated heterocycles. The Morgan fingerprint density at radius 3 is 2.71 bits per heavy atom. The van der Waals surface area contributed by atoms with Crippen LogP contribution in [0, 0.1) is 0 Å². The Morgan fingerprint density at radius 2 is 2.06 bits per heavy atom. The summed E-state index contributed by atoms with van der Waals surface area (Å²) in [4.78, 5) is 11.2. The van der Waals surface area contributed by atoms with Gasteiger partial charge in [-0.1, -0.05) is 39.7 Å². The number of carbonyl (C=O) groups is 1. The van der Waals surface area contributed by atoms with Crippen LogP contribution in [0.5, 0.6) is 0 Å². The van der Waals surface area contributed by atoms with Gasteiger partial charge in [0.1, 0.15) is 0 Å². The minimum atomic E-state index is 0.480. The number of carbonyl (C=O) groups excluding carboxylic acids is 1. The Kier molecular flexibility index (Phi) is 4.08. The third-order valence-electron chi connectivity index (χ3n) is 2.66. The van der Waals surface area contributed by atoms with E-state index in [2.05, 4.69) is 15.9 Å². The number of hydrogen-bond donors (Lipinski definition) is 0. The minimum Gasteiger partial charge on any atom is -0.298 e. The summed E-state index contributed by atoms with van der Waals surface area (Å²) >= 11 is 15.4. The average molecular weight is 332 g/mol. The summed E-state index contributed by atoms with van der Waals surface area (Å²) in [5.41, 5.74) is 1.44. The maximum absolute atomic E-state index is 11.2. The fourth-order valence-corrected chi connectivity index (χ4v) is 2.83. The number of fused-ring (bicyclic) bond motifs is 1. The van der Waals surface area contributed by atoms with Crippen molar-refractivity contribution in [1.82, 2.24) is 0 Å². The van der Waals surface area contributed by atoms with Crippen molar-refractivity contribution >= 4 is 56.2 Å². The Hall–Kier alpha value is -0.570. The van der Waals surface area contributed by atoms with Crippen molar-refractivity contribution < 1.29 is 4.79 Å². The monoisotopic (exact) mass is 330 g/mol. The van der Waals surface area contributed by atoms with Crippen molar-refractivity contribution in [3.8, 4) is 0 Å². The van der Waals surface area contributed by atoms with E-state index in [0.29, 0.717) is 22.9 Å². The van der Waals surface area contributed by atoms with Gasteiger partial charge in [0.15, 0.2) is 6.29 Å². The molecule has 0 aliphatic heterocycles. The van der Waals surface area contributed by atoms with Crippen LogP contribution in [0.3, 0.4) is 0 Å². The maximum atomic E-state index is 11.2. The molecule has 0 aromatic heterocycles. The average Bonchev–Trinajstić information content (AvgIpc) is 2.32. The fraction of sp³-hybridized carbons (Fsp3) is 0.154. The summed E-state index contributed by atoms with van der Waals surface area (Å²) in [5.74, 6) is 0.480. The van der Waals surface area contributed by atoms with E-state index >= 15 is 0 Å². The van der Waals surface area contributed by atoms with Gasteiger partial charge in [-0.3, -0.25) is 4.79 Å². The molecule has 0 bridgehead atoms. The van der Waals surface area contributed by atoms with Gasteiger partial charge in [-0.05, 0) is 34.9 Å². The predicted octanol–water partition coefficient (Wildman–Crippen LogP) is 4.85. The van der Waals surface area contributed by atoms with Crippen LogP contribution < -0.4 is 0 Å². The maximum Gasteiger partial charge on any atom is 0.152 e. The van der Waals surface area contributed by atoms with E-state index in [1.807, 2.05) is 24.3 Å². The van der Waals surface area contributed by atoms with E-state index in [9.17, 15) is 4.79 Å². The summed E-state index contributed by atoms with van der Waals surface area (Å²) < 4.78 is 0.950. The molecule has 1 nitrogen and oxygen atoms in total. The molecule has 17 heavy (non-hydrogen) atoms. The van der Waals surface area contributed by atoms with Crippen LogP contribution >= 0.6 is 39.1 Å². The van der Waals surface area contributed by atoms with Gasteiger partial charge in [0.2, 0.25) is 0 Å². The van der Waals surface area contributed by atoms with Gasteiger partial charge in [0.05, 0.1) is 5.02 Å². The van der Waals surface area contributed by atoms with E-state index in [4.69, 9.17) is 23.2 Å². The smallest absolute Gasteiger partial charge is 0.152 e. The van der Waals surface area contributed by atoms with E-state index in [0.717, 1.165) is 27.1 Å². The molecule has 4 heteroatoms. The lowest BCUT2D eigenvalue weighted by atomic mass is 10.00. The number of aryl methyl sites for hydroxylation is 1. The lowest BCUT2D eigenvalue weighted by molar-refractivity contribution is 0.112. The molecule has 0 radical (unpaired) electrons. The van der Waals surface area contributed by atoms with E-state index in [1.165, 1.54) is 0 Å². The summed E-state index contributed by atoms with van der Waals surface area (Å²) in [6.07, 6.45) is 1.45. The van der Waals surface area contributed by atoms with Gasteiger partial charge in [-0.15, -0.1) is 11.6 Å². The third kappa shape index (κ3) is 2.35. The SMILES string of the molecule is O=Cc1c(Cl)c(CCCl)cc2c(Br)cccc12. The normalized spacial score (nSPS) is 10.8. The van der Waals surface area contributed by atoms with Crippen LogP contribution in [0.15, 0.2) is 28.7 Å². The van der Waals surface area contributed by atoms with Crippen LogP contribution in [0.2, 0.25) is 5.02 Å². The molecule has 0 saturated carbocycles. The molecule has 0 heterocycles. The second-order valence-electron chi connectivity index (χ2n) is 3.66. The highest BCUT2D eigenvalue weighted by atomic mass is 79.9. The largest absolute Gasteiger partial charge is 0.298 e. The molecular formula is C13H9BrCl2O. The van der Waals surface area contributed by atoms with Crippen LogP contribution in [-0.4, -0.2) is 12.2 Å². The highest BCUT2D eigenvalue weighted by molar-refractivity contribution is 9.10. The Morgan fingerprint density at radius 1 is 1.29 bits per heavy atom. The third-order valence-corrected chi connectivity index (χ3v) is 3.99. The molecule has 0 atom stereocenters. The van der Waals surface area contributed by atoms with Crippen molar-refractivity contribution in [1.29, 1.82) is 0 Å². The van der Waals surface area contributed by atoms with Crippen molar-refractivity contribution in [3.05, 3.63) is 44.9 Å². The summed E-state index contributed by atoms with van der Waals surface area (Å²) in [6, 6.07) is 7.70. The van der Waals surface area contributed by atoms with Crippen molar-refractivity contribution in [2.75, 3.05) is 5.88 Å². The number of rotatable bonds is 3. The van der Waals surface area contributed by atoms with Crippen LogP contribution in [-0.2, 0) is 6.42 Å². The van der Waals surface area contributed by atoms with Crippen molar-refractivity contribution in [3.63, 3.8) is 0 Å². The van der Waals surface area contributed by atoms with Gasteiger partial charge in [0, 0.05) is 15.9 Å². The molecule has 0 aliphatic rings. The second kappa shape index (κ2) is 5.38. The zero-order chi connectivity index (χ0) is 12.4. The predicted molar refractivity (Wildman–Crippen MR) is 76.5 cm³/mol. The Labute approximate surface area is 118 Å². The standard InChI is InChI=1S/C13H9BrCl2O/c14-12-3-1-2-9-10(12)6-8(4-5-15)13(16)11(9)7-17/h1-3,6-7H,4-5H2. The first-order valence-corrected chi connectivity index (χ1v) is 6.80. The van der Waals surface area contributed by atoms with Crippen molar-refractivity contribution in [2.24, 2.45) is 0 Å². The van der Waals surface area contributed by atoms with Crippen molar-refractivity contribution in [2.45, 2.75) is 6.42 Å². The molecular weight excluding hydrogens is 323 g/mol. The zero-order valence-electron chi connectivity index (χ0n) is 8.84. The molecule has 88 valence electrons. The molecule has 2 rings (SSSR count). The number of alkyl halides is 1. The van der Waals surface area contributed by atoms with E-state index in [-0.39, 0.29) is 0 Å². The van der Waals surface area contributed by atoms with Crippen LogP contribution in [0.1, 0.15) is 15.9 Å². The van der Waals surface area contributed by atoms with Gasteiger partial charge >= 0.3 is 0 Å². The number of aldehydes is 1. The molecule has 0 N–H and O–H groups in total. The van der Waals surface area contributed by atoms with Gasteiger partial charge in [-0.2, -0.15) is 0 Å². The quantitative estimate of drug-likeness (QED) is 0.580. The first kappa shape index (κ1) is 12.9. The molecule has 0 amide bonds. The molecule has 2 aromatic carbocycles. The molecule has 0 spiro atoms. The van der Waals surface area contributed by atoms with Gasteiger partial charge < -0.3 is 0 Å². The minimum absolute atomic E-state index is 0.480. The number of halogens is 3. The van der Waals surface area contributed by atoms with Crippen LogP contribution in [0.4, 0.5) is 0 Å². The number of benzene rings is 2. The highest BCUT2D eigenvalue weighted by Gasteiger charge is 2.12. The molecule has 0 aliphatic carbocycles. The zero-order valence-corrected chi connectivity index (χ0v) is 11.9. The van der Waals surface area contributed by atoms with Gasteiger partial charge in [0.25, 0.3) is 0 Å². The fourth-order valence-electron chi connectivity index (χ4n) is 1.85. The molecule has 2 aromatic rings. The summed E-state index contributed by atoms with van der Waals surface area (Å²) in [5, 5.41) is 2.35. The van der Waals surface area contributed by atoms with Crippen LogP contribution in [0.25, 0.3) is 10.8 Å². The highest BCUT2D eigenvalue weighted by Crippen LogP contribution is 2.33. The van der Waals surface area contributed by atoms with Gasteiger partial charge in [-0.25, -0.2) is 0 Å². The lowest BCUT2D eigenvalue weighted by Gasteiger charge is -2.10. The second-order valence-corrected chi connectivity index (χ2v) is 5.27. The summed E-state index contributed by atoms with van der Waals surface area (Å²) in [7, 11) is 0. The lowest BCUT2D eigenvalue weighted by Crippen LogP contribution is -1.95. The number of hydrogen-bond acceptors (Lipinski definition) is 1. The summed E-state index contributed by atoms with van der Waals surface area (Å²) in [6.45, 7) is 0. The molecule has 0 fully saturated rings.